The zero-order valence-corrected chi connectivity index (χ0v) is 14.8. The molecule has 0 spiro atoms. The van der Waals surface area contributed by atoms with Crippen LogP contribution in [0.1, 0.15) is 31.9 Å². The highest BCUT2D eigenvalue weighted by molar-refractivity contribution is 7.89. The molecular weight excluding hydrogens is 328 g/mol. The van der Waals surface area contributed by atoms with E-state index in [1.54, 1.807) is 29.1 Å². The Morgan fingerprint density at radius 2 is 1.88 bits per heavy atom. The number of nitrogens with zero attached hydrogens (tertiary/aromatic N) is 2. The third-order valence-corrected chi connectivity index (χ3v) is 5.00. The largest absolute Gasteiger partial charge is 0.311 e. The number of amides is 1. The second kappa shape index (κ2) is 7.59. The van der Waals surface area contributed by atoms with Gasteiger partial charge in [0.05, 0.1) is 11.1 Å². The van der Waals surface area contributed by atoms with Crippen molar-refractivity contribution >= 4 is 21.7 Å². The second-order valence-corrected chi connectivity index (χ2v) is 7.54. The van der Waals surface area contributed by atoms with Crippen molar-refractivity contribution in [2.24, 2.45) is 0 Å². The summed E-state index contributed by atoms with van der Waals surface area (Å²) in [5, 5.41) is 7.01. The molecule has 0 aliphatic carbocycles. The first-order valence-electron chi connectivity index (χ1n) is 7.69. The van der Waals surface area contributed by atoms with E-state index in [-0.39, 0.29) is 16.8 Å². The van der Waals surface area contributed by atoms with Crippen LogP contribution < -0.4 is 10.0 Å². The standard InChI is InChI=1S/C16H22N4O3S/c1-12(2)20-15(10-11-18-20)19-16(21)9-6-13-4-7-14(8-5-13)24(22,23)17-3/h4-5,7-8,10-12,17H,6,9H2,1-3H3,(H,19,21). The minimum absolute atomic E-state index is 0.107. The summed E-state index contributed by atoms with van der Waals surface area (Å²) in [6, 6.07) is 8.43. The van der Waals surface area contributed by atoms with E-state index in [1.165, 1.54) is 19.2 Å². The number of hydrogen-bond acceptors (Lipinski definition) is 4. The number of nitrogens with one attached hydrogen (secondary N) is 2. The van der Waals surface area contributed by atoms with Gasteiger partial charge in [-0.15, -0.1) is 0 Å². The third-order valence-electron chi connectivity index (χ3n) is 3.57. The van der Waals surface area contributed by atoms with E-state index < -0.39 is 10.0 Å². The lowest BCUT2D eigenvalue weighted by molar-refractivity contribution is -0.116. The van der Waals surface area contributed by atoms with E-state index in [0.717, 1.165) is 5.56 Å². The lowest BCUT2D eigenvalue weighted by Crippen LogP contribution is -2.18. The molecular formula is C16H22N4O3S. The first-order chi connectivity index (χ1) is 11.3. The Hall–Kier alpha value is -2.19. The molecule has 0 aliphatic rings. The van der Waals surface area contributed by atoms with E-state index in [4.69, 9.17) is 0 Å². The summed E-state index contributed by atoms with van der Waals surface area (Å²) in [6.07, 6.45) is 2.49. The van der Waals surface area contributed by atoms with Gasteiger partial charge in [-0.25, -0.2) is 17.8 Å². The zero-order valence-electron chi connectivity index (χ0n) is 14.0. The Bertz CT molecular complexity index is 795. The van der Waals surface area contributed by atoms with E-state index in [9.17, 15) is 13.2 Å². The maximum absolute atomic E-state index is 12.1. The molecule has 0 bridgehead atoms. The molecule has 0 aliphatic heterocycles. The average molecular weight is 350 g/mol. The number of rotatable bonds is 7. The molecule has 1 heterocycles. The van der Waals surface area contributed by atoms with Crippen LogP contribution in [0.25, 0.3) is 0 Å². The predicted octanol–water partition coefficient (Wildman–Crippen LogP) is 1.94. The number of aromatic nitrogens is 2. The van der Waals surface area contributed by atoms with Gasteiger partial charge in [0.1, 0.15) is 5.82 Å². The van der Waals surface area contributed by atoms with Crippen LogP contribution in [0, 0.1) is 0 Å². The molecule has 2 aromatic rings. The molecule has 0 radical (unpaired) electrons. The smallest absolute Gasteiger partial charge is 0.240 e. The lowest BCUT2D eigenvalue weighted by atomic mass is 10.1. The van der Waals surface area contributed by atoms with Gasteiger partial charge in [-0.2, -0.15) is 5.10 Å². The van der Waals surface area contributed by atoms with Crippen molar-refractivity contribution in [2.45, 2.75) is 37.6 Å². The van der Waals surface area contributed by atoms with Crippen LogP contribution in [-0.4, -0.2) is 31.2 Å². The van der Waals surface area contributed by atoms with Crippen LogP contribution in [0.2, 0.25) is 0 Å². The molecule has 1 aromatic heterocycles. The van der Waals surface area contributed by atoms with E-state index in [2.05, 4.69) is 15.1 Å². The molecule has 24 heavy (non-hydrogen) atoms. The van der Waals surface area contributed by atoms with E-state index in [1.807, 2.05) is 13.8 Å². The molecule has 130 valence electrons. The van der Waals surface area contributed by atoms with Gasteiger partial charge in [0.2, 0.25) is 15.9 Å². The fourth-order valence-electron chi connectivity index (χ4n) is 2.24. The monoisotopic (exact) mass is 350 g/mol. The lowest BCUT2D eigenvalue weighted by Gasteiger charge is -2.11. The van der Waals surface area contributed by atoms with Crippen molar-refractivity contribution in [1.82, 2.24) is 14.5 Å². The van der Waals surface area contributed by atoms with Crippen LogP contribution in [0.5, 0.6) is 0 Å². The highest BCUT2D eigenvalue weighted by Gasteiger charge is 2.12. The van der Waals surface area contributed by atoms with Crippen LogP contribution in [-0.2, 0) is 21.2 Å². The summed E-state index contributed by atoms with van der Waals surface area (Å²) in [6.45, 7) is 3.98. The van der Waals surface area contributed by atoms with Crippen LogP contribution in [0.15, 0.2) is 41.4 Å². The van der Waals surface area contributed by atoms with Gasteiger partial charge in [0, 0.05) is 18.5 Å². The molecule has 1 amide bonds. The van der Waals surface area contributed by atoms with Gasteiger partial charge in [-0.1, -0.05) is 12.1 Å². The number of hydrogen-bond donors (Lipinski definition) is 2. The van der Waals surface area contributed by atoms with Crippen LogP contribution in [0.4, 0.5) is 5.82 Å². The average Bonchev–Trinajstić information content (AvgIpc) is 3.01. The van der Waals surface area contributed by atoms with E-state index in [0.29, 0.717) is 18.7 Å². The van der Waals surface area contributed by atoms with Gasteiger partial charge in [-0.05, 0) is 45.0 Å². The molecule has 0 unspecified atom stereocenters. The molecule has 2 N–H and O–H groups in total. The molecule has 8 heteroatoms. The molecule has 1 aromatic carbocycles. The normalized spacial score (nSPS) is 11.7. The number of carbonyl (C=O) groups excluding carboxylic acids is 1. The predicted molar refractivity (Wildman–Crippen MR) is 92.3 cm³/mol. The summed E-state index contributed by atoms with van der Waals surface area (Å²) in [4.78, 5) is 12.3. The molecule has 7 nitrogen and oxygen atoms in total. The maximum atomic E-state index is 12.1. The summed E-state index contributed by atoms with van der Waals surface area (Å²) in [5.41, 5.74) is 0.901. The van der Waals surface area contributed by atoms with Crippen molar-refractivity contribution in [1.29, 1.82) is 0 Å². The Balaban J connectivity index is 1.93. The Labute approximate surface area is 142 Å². The van der Waals surface area contributed by atoms with Gasteiger partial charge < -0.3 is 5.32 Å². The second-order valence-electron chi connectivity index (χ2n) is 5.65. The third kappa shape index (κ3) is 4.42. The number of anilines is 1. The molecule has 2 rings (SSSR count). The number of aryl methyl sites for hydroxylation is 1. The zero-order chi connectivity index (χ0) is 17.7. The van der Waals surface area contributed by atoms with Gasteiger partial charge >= 0.3 is 0 Å². The Morgan fingerprint density at radius 1 is 1.21 bits per heavy atom. The van der Waals surface area contributed by atoms with Gasteiger partial charge in [0.15, 0.2) is 0 Å². The topological polar surface area (TPSA) is 93.1 Å². The first-order valence-corrected chi connectivity index (χ1v) is 9.17. The van der Waals surface area contributed by atoms with Crippen molar-refractivity contribution in [3.63, 3.8) is 0 Å². The fourth-order valence-corrected chi connectivity index (χ4v) is 2.97. The van der Waals surface area contributed by atoms with Crippen LogP contribution in [0.3, 0.4) is 0 Å². The minimum atomic E-state index is -3.43. The SMILES string of the molecule is CNS(=O)(=O)c1ccc(CCC(=O)Nc2ccnn2C(C)C)cc1. The van der Waals surface area contributed by atoms with Crippen molar-refractivity contribution in [3.05, 3.63) is 42.1 Å². The van der Waals surface area contributed by atoms with Gasteiger partial charge in [-0.3, -0.25) is 4.79 Å². The van der Waals surface area contributed by atoms with Crippen molar-refractivity contribution < 1.29 is 13.2 Å². The number of benzene rings is 1. The number of carbonyl (C=O) groups is 1. The fraction of sp³-hybridized carbons (Fsp3) is 0.375. The summed E-state index contributed by atoms with van der Waals surface area (Å²) >= 11 is 0. The summed E-state index contributed by atoms with van der Waals surface area (Å²) < 4.78 is 27.3. The molecule has 0 atom stereocenters. The molecule has 0 fully saturated rings. The quantitative estimate of drug-likeness (QED) is 0.798. The highest BCUT2D eigenvalue weighted by Crippen LogP contribution is 2.15. The first kappa shape index (κ1) is 18.2. The molecule has 0 saturated carbocycles. The summed E-state index contributed by atoms with van der Waals surface area (Å²) in [7, 11) is -2.06. The summed E-state index contributed by atoms with van der Waals surface area (Å²) in [5.74, 6) is 0.565. The van der Waals surface area contributed by atoms with Gasteiger partial charge in [0.25, 0.3) is 0 Å². The Morgan fingerprint density at radius 3 is 2.46 bits per heavy atom. The van der Waals surface area contributed by atoms with E-state index >= 15 is 0 Å². The number of sulfonamides is 1. The highest BCUT2D eigenvalue weighted by atomic mass is 32.2. The van der Waals surface area contributed by atoms with Crippen molar-refractivity contribution in [3.8, 4) is 0 Å². The molecule has 0 saturated heterocycles. The Kier molecular flexibility index (Phi) is 5.74. The van der Waals surface area contributed by atoms with Crippen LogP contribution >= 0.6 is 0 Å². The minimum Gasteiger partial charge on any atom is -0.311 e. The maximum Gasteiger partial charge on any atom is 0.240 e. The van der Waals surface area contributed by atoms with Crippen molar-refractivity contribution in [2.75, 3.05) is 12.4 Å².